The molecule has 17 heavy (non-hydrogen) atoms. The molecule has 1 rings (SSSR count). The Hall–Kier alpha value is -1.68. The Morgan fingerprint density at radius 2 is 2.24 bits per heavy atom. The normalized spacial score (nSPS) is 12.4. The van der Waals surface area contributed by atoms with Gasteiger partial charge in [-0.15, -0.1) is 0 Å². The number of aliphatic imine (C=N–C) groups is 1. The van der Waals surface area contributed by atoms with E-state index in [1.807, 2.05) is 30.3 Å². The van der Waals surface area contributed by atoms with Crippen LogP contribution in [0.15, 0.2) is 40.5 Å². The molecule has 0 atom stereocenters. The molecule has 1 aromatic rings. The van der Waals surface area contributed by atoms with Gasteiger partial charge in [0.25, 0.3) is 0 Å². The molecule has 0 unspecified atom stereocenters. The molecule has 3 N–H and O–H groups in total. The van der Waals surface area contributed by atoms with Gasteiger partial charge in [-0.3, -0.25) is 4.99 Å². The minimum Gasteiger partial charge on any atom is -0.496 e. The fraction of sp³-hybridized carbons (Fsp3) is 0.250. The molecule has 0 radical (unpaired) electrons. The first-order chi connectivity index (χ1) is 8.17. The zero-order chi connectivity index (χ0) is 12.7. The molecule has 92 valence electrons. The molecule has 0 saturated carbocycles. The van der Waals surface area contributed by atoms with Crippen LogP contribution in [0.2, 0.25) is 0 Å². The van der Waals surface area contributed by atoms with Crippen LogP contribution in [0.3, 0.4) is 0 Å². The van der Waals surface area contributed by atoms with Gasteiger partial charge in [0.15, 0.2) is 5.96 Å². The van der Waals surface area contributed by atoms with Crippen molar-refractivity contribution in [2.24, 2.45) is 10.7 Å². The first kappa shape index (κ1) is 13.4. The highest BCUT2D eigenvalue weighted by Gasteiger charge is 2.00. The summed E-state index contributed by atoms with van der Waals surface area (Å²) in [7, 11) is 3.23. The highest BCUT2D eigenvalue weighted by molar-refractivity contribution is 6.30. The van der Waals surface area contributed by atoms with Gasteiger partial charge in [-0.2, -0.15) is 0 Å². The number of nitrogens with zero attached hydrogens (tertiary/aromatic N) is 1. The third-order valence-corrected chi connectivity index (χ3v) is 2.43. The summed E-state index contributed by atoms with van der Waals surface area (Å²) in [6.45, 7) is 0. The molecule has 0 aromatic heterocycles. The maximum absolute atomic E-state index is 5.95. The standard InChI is InChI=1S/C12H16ClN3O/c1-15-12(14)16-11(13)8-7-9-5-3-4-6-10(9)17-2/h3-6,8H,7H2,1-2H3,(H3,14,15,16)/b11-8-. The minimum atomic E-state index is 0.284. The summed E-state index contributed by atoms with van der Waals surface area (Å²) in [6.07, 6.45) is 2.48. The van der Waals surface area contributed by atoms with Crippen LogP contribution in [0.25, 0.3) is 0 Å². The van der Waals surface area contributed by atoms with Crippen LogP contribution in [-0.2, 0) is 6.42 Å². The van der Waals surface area contributed by atoms with Gasteiger partial charge in [0.2, 0.25) is 0 Å². The van der Waals surface area contributed by atoms with E-state index in [0.717, 1.165) is 11.3 Å². The van der Waals surface area contributed by atoms with Crippen molar-refractivity contribution >= 4 is 17.6 Å². The highest BCUT2D eigenvalue weighted by Crippen LogP contribution is 2.18. The van der Waals surface area contributed by atoms with Crippen LogP contribution in [0.5, 0.6) is 5.75 Å². The van der Waals surface area contributed by atoms with Crippen LogP contribution in [0, 0.1) is 0 Å². The lowest BCUT2D eigenvalue weighted by molar-refractivity contribution is 0.410. The fourth-order valence-electron chi connectivity index (χ4n) is 1.30. The van der Waals surface area contributed by atoms with Crippen LogP contribution >= 0.6 is 11.6 Å². The maximum Gasteiger partial charge on any atom is 0.193 e. The maximum atomic E-state index is 5.95. The van der Waals surface area contributed by atoms with Crippen molar-refractivity contribution in [3.05, 3.63) is 41.1 Å². The Kier molecular flexibility index (Phi) is 5.36. The van der Waals surface area contributed by atoms with Crippen LogP contribution in [0.4, 0.5) is 0 Å². The van der Waals surface area contributed by atoms with Gasteiger partial charge in [0.1, 0.15) is 10.9 Å². The van der Waals surface area contributed by atoms with E-state index in [-0.39, 0.29) is 5.96 Å². The zero-order valence-electron chi connectivity index (χ0n) is 9.90. The Morgan fingerprint density at radius 1 is 1.53 bits per heavy atom. The second-order valence-corrected chi connectivity index (χ2v) is 3.71. The molecule has 0 aliphatic heterocycles. The summed E-state index contributed by atoms with van der Waals surface area (Å²) < 4.78 is 5.24. The third kappa shape index (κ3) is 4.36. The van der Waals surface area contributed by atoms with Crippen molar-refractivity contribution in [1.29, 1.82) is 0 Å². The molecular formula is C12H16ClN3O. The first-order valence-corrected chi connectivity index (χ1v) is 5.52. The highest BCUT2D eigenvalue weighted by atomic mass is 35.5. The summed E-state index contributed by atoms with van der Waals surface area (Å²) in [6, 6.07) is 7.77. The summed E-state index contributed by atoms with van der Waals surface area (Å²) in [5.74, 6) is 1.12. The SMILES string of the molecule is CN=C(N)N/C(Cl)=C\Cc1ccccc1OC. The molecule has 0 aliphatic rings. The minimum absolute atomic E-state index is 0.284. The van der Waals surface area contributed by atoms with Crippen molar-refractivity contribution in [2.75, 3.05) is 14.2 Å². The quantitative estimate of drug-likeness (QED) is 0.489. The lowest BCUT2D eigenvalue weighted by Gasteiger charge is -2.06. The van der Waals surface area contributed by atoms with Gasteiger partial charge in [-0.05, 0) is 24.1 Å². The average Bonchev–Trinajstić information content (AvgIpc) is 2.36. The molecule has 0 spiro atoms. The van der Waals surface area contributed by atoms with Gasteiger partial charge < -0.3 is 15.8 Å². The number of para-hydroxylation sites is 1. The molecule has 0 amide bonds. The largest absolute Gasteiger partial charge is 0.496 e. The number of hydrogen-bond acceptors (Lipinski definition) is 2. The molecule has 0 saturated heterocycles. The van der Waals surface area contributed by atoms with Crippen molar-refractivity contribution in [3.63, 3.8) is 0 Å². The number of rotatable bonds is 4. The van der Waals surface area contributed by atoms with E-state index >= 15 is 0 Å². The lowest BCUT2D eigenvalue weighted by Crippen LogP contribution is -2.29. The predicted molar refractivity (Wildman–Crippen MR) is 71.3 cm³/mol. The number of benzene rings is 1. The molecular weight excluding hydrogens is 238 g/mol. The molecule has 0 aliphatic carbocycles. The van der Waals surface area contributed by atoms with Crippen molar-refractivity contribution in [3.8, 4) is 5.75 Å². The predicted octanol–water partition coefficient (Wildman–Crippen LogP) is 1.85. The average molecular weight is 254 g/mol. The number of halogens is 1. The number of allylic oxidation sites excluding steroid dienone is 1. The van der Waals surface area contributed by atoms with Gasteiger partial charge in [0, 0.05) is 7.05 Å². The second kappa shape index (κ2) is 6.81. The van der Waals surface area contributed by atoms with Crippen LogP contribution < -0.4 is 15.8 Å². The number of nitrogens with two attached hydrogens (primary N) is 1. The van der Waals surface area contributed by atoms with E-state index in [1.165, 1.54) is 0 Å². The zero-order valence-corrected chi connectivity index (χ0v) is 10.7. The van der Waals surface area contributed by atoms with E-state index in [4.69, 9.17) is 22.1 Å². The van der Waals surface area contributed by atoms with Crippen LogP contribution in [0.1, 0.15) is 5.56 Å². The first-order valence-electron chi connectivity index (χ1n) is 5.14. The topological polar surface area (TPSA) is 59.6 Å². The van der Waals surface area contributed by atoms with E-state index in [2.05, 4.69) is 10.3 Å². The molecule has 1 aromatic carbocycles. The van der Waals surface area contributed by atoms with Gasteiger partial charge in [0.05, 0.1) is 7.11 Å². The number of nitrogens with one attached hydrogen (secondary N) is 1. The summed E-state index contributed by atoms with van der Waals surface area (Å²) in [5, 5.41) is 3.19. The van der Waals surface area contributed by atoms with Gasteiger partial charge in [-0.25, -0.2) is 0 Å². The monoisotopic (exact) mass is 253 g/mol. The second-order valence-electron chi connectivity index (χ2n) is 3.30. The van der Waals surface area contributed by atoms with Crippen LogP contribution in [-0.4, -0.2) is 20.1 Å². The Bertz CT molecular complexity index is 430. The molecule has 5 heteroatoms. The Labute approximate surface area is 106 Å². The molecule has 0 fully saturated rings. The number of methoxy groups -OCH3 is 1. The van der Waals surface area contributed by atoms with E-state index in [1.54, 1.807) is 14.2 Å². The number of hydrogen-bond donors (Lipinski definition) is 2. The van der Waals surface area contributed by atoms with Gasteiger partial charge >= 0.3 is 0 Å². The lowest BCUT2D eigenvalue weighted by atomic mass is 10.1. The van der Waals surface area contributed by atoms with E-state index in [0.29, 0.717) is 11.6 Å². The van der Waals surface area contributed by atoms with Gasteiger partial charge in [-0.1, -0.05) is 29.8 Å². The Balaban J connectivity index is 2.68. The molecule has 4 nitrogen and oxygen atoms in total. The Morgan fingerprint density at radius 3 is 2.88 bits per heavy atom. The van der Waals surface area contributed by atoms with E-state index < -0.39 is 0 Å². The fourth-order valence-corrected chi connectivity index (χ4v) is 1.47. The van der Waals surface area contributed by atoms with E-state index in [9.17, 15) is 0 Å². The number of guanidine groups is 1. The summed E-state index contributed by atoms with van der Waals surface area (Å²) in [4.78, 5) is 3.75. The smallest absolute Gasteiger partial charge is 0.193 e. The molecule has 0 heterocycles. The summed E-state index contributed by atoms with van der Waals surface area (Å²) in [5.41, 5.74) is 6.55. The van der Waals surface area contributed by atoms with Crippen molar-refractivity contribution in [2.45, 2.75) is 6.42 Å². The molecule has 0 bridgehead atoms. The van der Waals surface area contributed by atoms with Crippen molar-refractivity contribution < 1.29 is 4.74 Å². The number of ether oxygens (including phenoxy) is 1. The van der Waals surface area contributed by atoms with Crippen molar-refractivity contribution in [1.82, 2.24) is 5.32 Å². The summed E-state index contributed by atoms with van der Waals surface area (Å²) >= 11 is 5.95. The third-order valence-electron chi connectivity index (χ3n) is 2.18.